The average Bonchev–Trinajstić information content (AvgIpc) is 2.21. The van der Waals surface area contributed by atoms with Gasteiger partial charge in [0.25, 0.3) is 0 Å². The Kier molecular flexibility index (Phi) is 3.31. The Morgan fingerprint density at radius 2 is 1.81 bits per heavy atom. The highest BCUT2D eigenvalue weighted by Crippen LogP contribution is 2.37. The third-order valence-corrected chi connectivity index (χ3v) is 3.72. The van der Waals surface area contributed by atoms with E-state index in [1.807, 2.05) is 13.8 Å². The molecule has 3 amide bonds. The maximum Gasteiger partial charge on any atom is 0.326 e. The SMILES string of the molecule is CC(C)C[C@]1(C)C(=O)N(C)C(=O)N(C)[C@H]1C. The predicted octanol–water partition coefficient (Wildman–Crippen LogP) is 1.95. The zero-order valence-electron chi connectivity index (χ0n) is 11.1. The Morgan fingerprint density at radius 3 is 2.25 bits per heavy atom. The van der Waals surface area contributed by atoms with Gasteiger partial charge in [-0.1, -0.05) is 13.8 Å². The van der Waals surface area contributed by atoms with Crippen LogP contribution in [0.5, 0.6) is 0 Å². The van der Waals surface area contributed by atoms with Gasteiger partial charge in [-0.15, -0.1) is 0 Å². The molecule has 16 heavy (non-hydrogen) atoms. The van der Waals surface area contributed by atoms with Crippen LogP contribution >= 0.6 is 0 Å². The first-order valence-corrected chi connectivity index (χ1v) is 5.76. The molecule has 4 nitrogen and oxygen atoms in total. The normalized spacial score (nSPS) is 31.6. The number of carbonyl (C=O) groups is 2. The molecule has 0 spiro atoms. The summed E-state index contributed by atoms with van der Waals surface area (Å²) in [6.45, 7) is 8.11. The van der Waals surface area contributed by atoms with E-state index in [0.29, 0.717) is 5.92 Å². The van der Waals surface area contributed by atoms with Gasteiger partial charge in [-0.3, -0.25) is 9.69 Å². The van der Waals surface area contributed by atoms with Crippen LogP contribution < -0.4 is 0 Å². The standard InChI is InChI=1S/C12H22N2O2/c1-8(2)7-12(4)9(3)13(5)11(16)14(6)10(12)15/h8-9H,7H2,1-6H3/t9-,12-/m0/s1. The summed E-state index contributed by atoms with van der Waals surface area (Å²) in [5.41, 5.74) is -0.467. The van der Waals surface area contributed by atoms with Crippen molar-refractivity contribution in [3.05, 3.63) is 0 Å². The number of rotatable bonds is 2. The number of amides is 3. The van der Waals surface area contributed by atoms with Crippen molar-refractivity contribution in [1.82, 2.24) is 9.80 Å². The topological polar surface area (TPSA) is 40.6 Å². The summed E-state index contributed by atoms with van der Waals surface area (Å²) >= 11 is 0. The van der Waals surface area contributed by atoms with Gasteiger partial charge in [0.15, 0.2) is 0 Å². The quantitative estimate of drug-likeness (QED) is 0.722. The second-order valence-electron chi connectivity index (χ2n) is 5.45. The van der Waals surface area contributed by atoms with E-state index < -0.39 is 5.41 Å². The molecule has 1 aliphatic heterocycles. The van der Waals surface area contributed by atoms with Crippen LogP contribution in [-0.2, 0) is 4.79 Å². The molecular weight excluding hydrogens is 204 g/mol. The van der Waals surface area contributed by atoms with Gasteiger partial charge in [0.1, 0.15) is 0 Å². The van der Waals surface area contributed by atoms with E-state index in [4.69, 9.17) is 0 Å². The minimum atomic E-state index is -0.467. The Labute approximate surface area is 97.6 Å². The van der Waals surface area contributed by atoms with Crippen molar-refractivity contribution < 1.29 is 9.59 Å². The summed E-state index contributed by atoms with van der Waals surface area (Å²) in [4.78, 5) is 26.9. The molecule has 1 rings (SSSR count). The van der Waals surface area contributed by atoms with Gasteiger partial charge in [0, 0.05) is 20.1 Å². The van der Waals surface area contributed by atoms with E-state index in [1.165, 1.54) is 4.90 Å². The molecular formula is C12H22N2O2. The lowest BCUT2D eigenvalue weighted by Gasteiger charge is -2.47. The van der Waals surface area contributed by atoms with E-state index >= 15 is 0 Å². The predicted molar refractivity (Wildman–Crippen MR) is 63.0 cm³/mol. The summed E-state index contributed by atoms with van der Waals surface area (Å²) in [5.74, 6) is 0.378. The van der Waals surface area contributed by atoms with Crippen molar-refractivity contribution in [3.8, 4) is 0 Å². The average molecular weight is 226 g/mol. The second-order valence-corrected chi connectivity index (χ2v) is 5.45. The molecule has 0 bridgehead atoms. The molecule has 1 fully saturated rings. The van der Waals surface area contributed by atoms with E-state index in [2.05, 4.69) is 13.8 Å². The van der Waals surface area contributed by atoms with Crippen molar-refractivity contribution in [2.45, 2.75) is 40.2 Å². The Balaban J connectivity index is 3.07. The minimum absolute atomic E-state index is 0.0499. The minimum Gasteiger partial charge on any atom is -0.324 e. The molecule has 1 heterocycles. The second kappa shape index (κ2) is 4.07. The summed E-state index contributed by atoms with van der Waals surface area (Å²) in [6.07, 6.45) is 0.801. The fraction of sp³-hybridized carbons (Fsp3) is 0.833. The van der Waals surface area contributed by atoms with Crippen molar-refractivity contribution in [3.63, 3.8) is 0 Å². The first-order valence-electron chi connectivity index (χ1n) is 5.76. The molecule has 1 saturated heterocycles. The van der Waals surface area contributed by atoms with E-state index in [0.717, 1.165) is 6.42 Å². The van der Waals surface area contributed by atoms with Gasteiger partial charge < -0.3 is 4.90 Å². The van der Waals surface area contributed by atoms with Gasteiger partial charge in [-0.05, 0) is 26.2 Å². The number of nitrogens with zero attached hydrogens (tertiary/aromatic N) is 2. The number of imide groups is 1. The molecule has 0 radical (unpaired) electrons. The van der Waals surface area contributed by atoms with Gasteiger partial charge in [0.2, 0.25) is 5.91 Å². The van der Waals surface area contributed by atoms with Crippen LogP contribution in [-0.4, -0.2) is 41.9 Å². The van der Waals surface area contributed by atoms with Gasteiger partial charge in [0.05, 0.1) is 5.41 Å². The number of hydrogen-bond acceptors (Lipinski definition) is 2. The zero-order valence-corrected chi connectivity index (χ0v) is 11.1. The summed E-state index contributed by atoms with van der Waals surface area (Å²) in [6, 6.07) is -0.259. The van der Waals surface area contributed by atoms with E-state index in [-0.39, 0.29) is 18.0 Å². The van der Waals surface area contributed by atoms with E-state index in [9.17, 15) is 9.59 Å². The maximum absolute atomic E-state index is 12.2. The van der Waals surface area contributed by atoms with Crippen molar-refractivity contribution in [2.24, 2.45) is 11.3 Å². The van der Waals surface area contributed by atoms with Crippen LogP contribution in [0.25, 0.3) is 0 Å². The first-order chi connectivity index (χ1) is 7.21. The molecule has 0 aromatic heterocycles. The van der Waals surface area contributed by atoms with Gasteiger partial charge >= 0.3 is 6.03 Å². The monoisotopic (exact) mass is 226 g/mol. The summed E-state index contributed by atoms with van der Waals surface area (Å²) < 4.78 is 0. The van der Waals surface area contributed by atoms with Crippen LogP contribution in [0.1, 0.15) is 34.1 Å². The fourth-order valence-electron chi connectivity index (χ4n) is 2.58. The highest BCUT2D eigenvalue weighted by molar-refractivity contribution is 6.00. The molecule has 0 aromatic rings. The third-order valence-electron chi connectivity index (χ3n) is 3.72. The molecule has 0 saturated carbocycles. The molecule has 1 aliphatic rings. The molecule has 0 N–H and O–H groups in total. The lowest BCUT2D eigenvalue weighted by molar-refractivity contribution is -0.146. The van der Waals surface area contributed by atoms with Gasteiger partial charge in [-0.25, -0.2) is 4.79 Å². The van der Waals surface area contributed by atoms with Crippen molar-refractivity contribution in [2.75, 3.05) is 14.1 Å². The highest BCUT2D eigenvalue weighted by atomic mass is 16.2. The van der Waals surface area contributed by atoms with Gasteiger partial charge in [-0.2, -0.15) is 0 Å². The van der Waals surface area contributed by atoms with Crippen LogP contribution in [0.2, 0.25) is 0 Å². The fourth-order valence-corrected chi connectivity index (χ4v) is 2.58. The number of hydrogen-bond donors (Lipinski definition) is 0. The Bertz CT molecular complexity index is 314. The largest absolute Gasteiger partial charge is 0.326 e. The molecule has 92 valence electrons. The number of urea groups is 1. The van der Waals surface area contributed by atoms with Crippen LogP contribution in [0.4, 0.5) is 4.79 Å². The lowest BCUT2D eigenvalue weighted by Crippen LogP contribution is -2.63. The van der Waals surface area contributed by atoms with Crippen LogP contribution in [0.3, 0.4) is 0 Å². The molecule has 4 heteroatoms. The summed E-state index contributed by atoms with van der Waals surface area (Å²) in [5, 5.41) is 0. The Morgan fingerprint density at radius 1 is 1.31 bits per heavy atom. The molecule has 2 atom stereocenters. The van der Waals surface area contributed by atoms with Crippen LogP contribution in [0.15, 0.2) is 0 Å². The summed E-state index contributed by atoms with van der Waals surface area (Å²) in [7, 11) is 3.32. The molecule has 0 aliphatic carbocycles. The first kappa shape index (κ1) is 13.0. The van der Waals surface area contributed by atoms with E-state index in [1.54, 1.807) is 19.0 Å². The zero-order chi connectivity index (χ0) is 12.7. The van der Waals surface area contributed by atoms with Crippen LogP contribution in [0, 0.1) is 11.3 Å². The maximum atomic E-state index is 12.2. The highest BCUT2D eigenvalue weighted by Gasteiger charge is 2.49. The Hall–Kier alpha value is -1.06. The van der Waals surface area contributed by atoms with Crippen molar-refractivity contribution in [1.29, 1.82) is 0 Å². The number of carbonyl (C=O) groups excluding carboxylic acids is 2. The van der Waals surface area contributed by atoms with Crippen molar-refractivity contribution >= 4 is 11.9 Å². The third kappa shape index (κ3) is 1.81. The molecule has 0 unspecified atom stereocenters. The smallest absolute Gasteiger partial charge is 0.324 e. The molecule has 0 aromatic carbocycles. The lowest BCUT2D eigenvalue weighted by atomic mass is 9.73.